The maximum Gasteiger partial charge on any atom is 0.244 e. The van der Waals surface area contributed by atoms with E-state index in [1.165, 1.54) is 0 Å². The third-order valence-corrected chi connectivity index (χ3v) is 11.6. The van der Waals surface area contributed by atoms with Crippen LogP contribution >= 0.6 is 11.8 Å². The van der Waals surface area contributed by atoms with Crippen molar-refractivity contribution in [2.45, 2.75) is 95.3 Å². The highest BCUT2D eigenvalue weighted by Gasteiger charge is 2.76. The third-order valence-electron chi connectivity index (χ3n) is 9.52. The number of aliphatic hydroxyl groups excluding tert-OH is 1. The summed E-state index contributed by atoms with van der Waals surface area (Å²) < 4.78 is 4.76. The molecule has 2 aromatic rings. The molecule has 0 aromatic heterocycles. The largest absolute Gasteiger partial charge is 0.494 e. The number of thioether (sulfide) groups is 1. The van der Waals surface area contributed by atoms with Crippen LogP contribution < -0.4 is 15.4 Å². The van der Waals surface area contributed by atoms with Crippen LogP contribution in [0.4, 0.5) is 5.69 Å². The van der Waals surface area contributed by atoms with Gasteiger partial charge in [0.1, 0.15) is 11.8 Å². The molecule has 3 heterocycles. The number of aliphatic hydroxyl groups is 1. The Kier molecular flexibility index (Phi) is 9.35. The van der Waals surface area contributed by atoms with Gasteiger partial charge in [0.2, 0.25) is 17.7 Å². The zero-order valence-electron chi connectivity index (χ0n) is 27.6. The van der Waals surface area contributed by atoms with Crippen molar-refractivity contribution < 1.29 is 24.2 Å². The standard InChI is InChI=1S/C36H49N3O5S/c1-8-44-26-16-14-24(15-17-26)37-31(41)28-27-18-22(2)36(45-27)29(28)33(43)39(25(20-40)19-23-12-10-9-11-13-23)30(36)32(42)38-35(6,7)21-34(3,4)5/h9-17,22,25,27-30,40H,8,18-21H2,1-7H3,(H,37,41)(H,38,42)/t22?,25-,27+,28-,29+,30?,36?/m1/s1. The smallest absolute Gasteiger partial charge is 0.244 e. The number of amides is 3. The van der Waals surface area contributed by atoms with Gasteiger partial charge in [0.25, 0.3) is 0 Å². The Hall–Kier alpha value is -3.04. The van der Waals surface area contributed by atoms with Gasteiger partial charge in [-0.2, -0.15) is 0 Å². The maximum atomic E-state index is 14.7. The molecule has 8 nitrogen and oxygen atoms in total. The fraction of sp³-hybridized carbons (Fsp3) is 0.583. The number of benzene rings is 2. The number of rotatable bonds is 11. The molecule has 3 aliphatic heterocycles. The normalized spacial score (nSPS) is 28.1. The van der Waals surface area contributed by atoms with Gasteiger partial charge in [-0.05, 0) is 81.2 Å². The van der Waals surface area contributed by atoms with Crippen molar-refractivity contribution in [1.29, 1.82) is 0 Å². The molecule has 3 saturated heterocycles. The summed E-state index contributed by atoms with van der Waals surface area (Å²) in [5, 5.41) is 17.0. The summed E-state index contributed by atoms with van der Waals surface area (Å²) in [5.41, 5.74) is 1.06. The molecule has 2 aromatic carbocycles. The fourth-order valence-electron chi connectivity index (χ4n) is 8.39. The number of nitrogens with zero attached hydrogens (tertiary/aromatic N) is 1. The average molecular weight is 636 g/mol. The number of nitrogens with one attached hydrogen (secondary N) is 2. The molecule has 0 radical (unpaired) electrons. The summed E-state index contributed by atoms with van der Waals surface area (Å²) in [6.45, 7) is 14.8. The van der Waals surface area contributed by atoms with E-state index in [4.69, 9.17) is 4.74 Å². The molecular weight excluding hydrogens is 586 g/mol. The van der Waals surface area contributed by atoms with E-state index in [1.807, 2.05) is 63.2 Å². The summed E-state index contributed by atoms with van der Waals surface area (Å²) in [6.07, 6.45) is 1.89. The van der Waals surface area contributed by atoms with Gasteiger partial charge in [0, 0.05) is 16.5 Å². The Labute approximate surface area is 272 Å². The first-order chi connectivity index (χ1) is 21.2. The minimum absolute atomic E-state index is 0.0262. The molecule has 5 rings (SSSR count). The van der Waals surface area contributed by atoms with Gasteiger partial charge in [-0.15, -0.1) is 11.8 Å². The van der Waals surface area contributed by atoms with Crippen molar-refractivity contribution in [3.05, 3.63) is 60.2 Å². The minimum Gasteiger partial charge on any atom is -0.494 e. The average Bonchev–Trinajstić information content (AvgIpc) is 3.55. The predicted molar refractivity (Wildman–Crippen MR) is 179 cm³/mol. The van der Waals surface area contributed by atoms with Crippen LogP contribution in [-0.2, 0) is 20.8 Å². The van der Waals surface area contributed by atoms with Gasteiger partial charge in [-0.3, -0.25) is 14.4 Å². The molecular formula is C36H49N3O5S. The minimum atomic E-state index is -0.816. The second kappa shape index (κ2) is 12.6. The Bertz CT molecular complexity index is 1390. The molecule has 0 saturated carbocycles. The molecule has 7 atom stereocenters. The highest BCUT2D eigenvalue weighted by molar-refractivity contribution is 8.02. The van der Waals surface area contributed by atoms with Crippen LogP contribution in [0.5, 0.6) is 5.75 Å². The van der Waals surface area contributed by atoms with Crippen LogP contribution in [-0.4, -0.2) is 68.6 Å². The van der Waals surface area contributed by atoms with Gasteiger partial charge in [0.05, 0.1) is 35.8 Å². The van der Waals surface area contributed by atoms with E-state index >= 15 is 0 Å². The van der Waals surface area contributed by atoms with E-state index in [9.17, 15) is 19.5 Å². The molecule has 244 valence electrons. The molecule has 3 aliphatic rings. The second-order valence-corrected chi connectivity index (χ2v) is 16.4. The number of fused-ring (bicyclic) bond motifs is 1. The Morgan fingerprint density at radius 3 is 2.33 bits per heavy atom. The first-order valence-electron chi connectivity index (χ1n) is 16.2. The highest BCUT2D eigenvalue weighted by Crippen LogP contribution is 2.69. The van der Waals surface area contributed by atoms with Crippen molar-refractivity contribution in [1.82, 2.24) is 10.2 Å². The molecule has 3 fully saturated rings. The second-order valence-electron chi connectivity index (χ2n) is 14.9. The summed E-state index contributed by atoms with van der Waals surface area (Å²) in [6, 6.07) is 15.6. The Morgan fingerprint density at radius 1 is 1.07 bits per heavy atom. The number of ether oxygens (including phenoxy) is 1. The van der Waals surface area contributed by atoms with Crippen molar-refractivity contribution >= 4 is 35.2 Å². The van der Waals surface area contributed by atoms with Crippen molar-refractivity contribution in [3.63, 3.8) is 0 Å². The van der Waals surface area contributed by atoms with Crippen LogP contribution in [0.15, 0.2) is 54.6 Å². The molecule has 0 aliphatic carbocycles. The van der Waals surface area contributed by atoms with E-state index in [2.05, 4.69) is 38.3 Å². The monoisotopic (exact) mass is 635 g/mol. The lowest BCUT2D eigenvalue weighted by Crippen LogP contribution is -2.61. The molecule has 9 heteroatoms. The number of hydrogen-bond acceptors (Lipinski definition) is 6. The first-order valence-corrected chi connectivity index (χ1v) is 17.1. The highest BCUT2D eigenvalue weighted by atomic mass is 32.2. The van der Waals surface area contributed by atoms with E-state index < -0.39 is 34.2 Å². The number of carbonyl (C=O) groups is 3. The van der Waals surface area contributed by atoms with Crippen molar-refractivity contribution in [2.75, 3.05) is 18.5 Å². The number of carbonyl (C=O) groups excluding carboxylic acids is 3. The first kappa shape index (κ1) is 33.3. The van der Waals surface area contributed by atoms with E-state index in [1.54, 1.807) is 28.8 Å². The van der Waals surface area contributed by atoms with Crippen LogP contribution in [0.1, 0.15) is 66.9 Å². The molecule has 3 amide bonds. The van der Waals surface area contributed by atoms with Crippen LogP contribution in [0, 0.1) is 23.2 Å². The van der Waals surface area contributed by atoms with E-state index in [0.717, 1.165) is 24.2 Å². The molecule has 2 bridgehead atoms. The lowest BCUT2D eigenvalue weighted by molar-refractivity contribution is -0.142. The molecule has 45 heavy (non-hydrogen) atoms. The zero-order chi connectivity index (χ0) is 32.7. The lowest BCUT2D eigenvalue weighted by atomic mass is 9.65. The Balaban J connectivity index is 1.51. The summed E-state index contributed by atoms with van der Waals surface area (Å²) in [7, 11) is 0. The Morgan fingerprint density at radius 2 is 1.73 bits per heavy atom. The molecule has 3 N–H and O–H groups in total. The number of hydrogen-bond donors (Lipinski definition) is 3. The zero-order valence-corrected chi connectivity index (χ0v) is 28.4. The predicted octanol–water partition coefficient (Wildman–Crippen LogP) is 5.30. The SMILES string of the molecule is CCOc1ccc(NC(=O)[C@@H]2[C@@H]3CC(C)C4(S3)C(C(=O)NC(C)(C)CC(C)(C)C)N([C@@H](CO)Cc3ccccc3)C(=O)[C@H]24)cc1. The van der Waals surface area contributed by atoms with Gasteiger partial charge in [0.15, 0.2) is 0 Å². The van der Waals surface area contributed by atoms with Crippen LogP contribution in [0.25, 0.3) is 0 Å². The van der Waals surface area contributed by atoms with Gasteiger partial charge in [-0.25, -0.2) is 0 Å². The molecule has 3 unspecified atom stereocenters. The lowest BCUT2D eigenvalue weighted by Gasteiger charge is -2.42. The van der Waals surface area contributed by atoms with E-state index in [-0.39, 0.29) is 40.9 Å². The summed E-state index contributed by atoms with van der Waals surface area (Å²) in [4.78, 5) is 45.0. The number of likely N-dealkylation sites (tertiary alicyclic amines) is 1. The maximum absolute atomic E-state index is 14.7. The van der Waals surface area contributed by atoms with Gasteiger partial charge in [-0.1, -0.05) is 58.0 Å². The third kappa shape index (κ3) is 6.48. The van der Waals surface area contributed by atoms with Gasteiger partial charge >= 0.3 is 0 Å². The summed E-state index contributed by atoms with van der Waals surface area (Å²) in [5.74, 6) is -1.15. The quantitative estimate of drug-likeness (QED) is 0.310. The fourth-order valence-corrected chi connectivity index (χ4v) is 10.8. The van der Waals surface area contributed by atoms with E-state index in [0.29, 0.717) is 18.7 Å². The molecule has 1 spiro atoms. The van der Waals surface area contributed by atoms with Crippen LogP contribution in [0.2, 0.25) is 0 Å². The van der Waals surface area contributed by atoms with Crippen molar-refractivity contribution in [2.24, 2.45) is 23.2 Å². The van der Waals surface area contributed by atoms with Crippen molar-refractivity contribution in [3.8, 4) is 5.75 Å². The van der Waals surface area contributed by atoms with Gasteiger partial charge < -0.3 is 25.4 Å². The topological polar surface area (TPSA) is 108 Å². The summed E-state index contributed by atoms with van der Waals surface area (Å²) >= 11 is 1.65. The van der Waals surface area contributed by atoms with Crippen LogP contribution in [0.3, 0.4) is 0 Å². The number of anilines is 1.